The van der Waals surface area contributed by atoms with Crippen molar-refractivity contribution in [1.29, 1.82) is 0 Å². The number of aliphatic carboxylic acids is 1. The van der Waals surface area contributed by atoms with Crippen molar-refractivity contribution in [3.63, 3.8) is 0 Å². The van der Waals surface area contributed by atoms with Crippen molar-refractivity contribution >= 4 is 29.5 Å². The molecule has 2 rings (SSSR count). The number of carboxylic acids is 1. The van der Waals surface area contributed by atoms with Gasteiger partial charge >= 0.3 is 5.97 Å². The first-order valence-corrected chi connectivity index (χ1v) is 8.48. The zero-order chi connectivity index (χ0) is 17.0. The van der Waals surface area contributed by atoms with Gasteiger partial charge in [0.05, 0.1) is 12.5 Å². The average Bonchev–Trinajstić information content (AvgIpc) is 2.53. The monoisotopic (exact) mass is 336 g/mol. The molecule has 0 radical (unpaired) electrons. The SMILES string of the molecule is CN(C)C(=O)c1cccc(C(=O)N2CCSCC2CC(=O)O)c1. The van der Waals surface area contributed by atoms with Crippen molar-refractivity contribution in [2.24, 2.45) is 0 Å². The molecule has 0 saturated carbocycles. The molecule has 1 saturated heterocycles. The number of hydrogen-bond acceptors (Lipinski definition) is 4. The number of carbonyl (C=O) groups is 3. The van der Waals surface area contributed by atoms with Crippen molar-refractivity contribution in [3.8, 4) is 0 Å². The lowest BCUT2D eigenvalue weighted by Crippen LogP contribution is -2.47. The molecule has 1 heterocycles. The van der Waals surface area contributed by atoms with E-state index < -0.39 is 5.97 Å². The summed E-state index contributed by atoms with van der Waals surface area (Å²) in [6, 6.07) is 6.26. The Balaban J connectivity index is 2.23. The van der Waals surface area contributed by atoms with Gasteiger partial charge in [-0.3, -0.25) is 14.4 Å². The van der Waals surface area contributed by atoms with E-state index in [1.165, 1.54) is 4.90 Å². The molecule has 1 fully saturated rings. The molecular formula is C16H20N2O4S. The fraction of sp³-hybridized carbons (Fsp3) is 0.438. The minimum Gasteiger partial charge on any atom is -0.481 e. The van der Waals surface area contributed by atoms with Gasteiger partial charge in [0.2, 0.25) is 0 Å². The summed E-state index contributed by atoms with van der Waals surface area (Å²) in [5, 5.41) is 9.02. The van der Waals surface area contributed by atoms with E-state index in [2.05, 4.69) is 0 Å². The zero-order valence-electron chi connectivity index (χ0n) is 13.2. The minimum atomic E-state index is -0.910. The number of rotatable bonds is 4. The molecule has 6 nitrogen and oxygen atoms in total. The summed E-state index contributed by atoms with van der Waals surface area (Å²) in [6.45, 7) is 0.521. The van der Waals surface area contributed by atoms with Crippen LogP contribution in [-0.4, -0.2) is 70.9 Å². The Morgan fingerprint density at radius 2 is 2.00 bits per heavy atom. The van der Waals surface area contributed by atoms with Gasteiger partial charge in [-0.05, 0) is 18.2 Å². The van der Waals surface area contributed by atoms with Crippen LogP contribution in [-0.2, 0) is 4.79 Å². The number of amides is 2. The van der Waals surface area contributed by atoms with Gasteiger partial charge in [-0.15, -0.1) is 0 Å². The van der Waals surface area contributed by atoms with Crippen LogP contribution >= 0.6 is 11.8 Å². The largest absolute Gasteiger partial charge is 0.481 e. The fourth-order valence-corrected chi connectivity index (χ4v) is 3.56. The topological polar surface area (TPSA) is 77.9 Å². The molecule has 2 amide bonds. The van der Waals surface area contributed by atoms with Gasteiger partial charge in [0.25, 0.3) is 11.8 Å². The van der Waals surface area contributed by atoms with E-state index in [9.17, 15) is 14.4 Å². The van der Waals surface area contributed by atoms with Gasteiger partial charge in [-0.25, -0.2) is 0 Å². The summed E-state index contributed by atoms with van der Waals surface area (Å²) in [5.74, 6) is 0.111. The molecule has 1 N–H and O–H groups in total. The number of carboxylic acid groups (broad SMARTS) is 1. The highest BCUT2D eigenvalue weighted by atomic mass is 32.2. The van der Waals surface area contributed by atoms with E-state index in [-0.39, 0.29) is 24.3 Å². The van der Waals surface area contributed by atoms with Crippen LogP contribution < -0.4 is 0 Å². The van der Waals surface area contributed by atoms with Crippen LogP contribution in [0.1, 0.15) is 27.1 Å². The van der Waals surface area contributed by atoms with Gasteiger partial charge in [0.1, 0.15) is 0 Å². The van der Waals surface area contributed by atoms with Crippen molar-refractivity contribution < 1.29 is 19.5 Å². The molecule has 0 aliphatic carbocycles. The predicted octanol–water partition coefficient (Wildman–Crippen LogP) is 1.42. The molecule has 0 aromatic heterocycles. The van der Waals surface area contributed by atoms with Gasteiger partial charge in [-0.2, -0.15) is 11.8 Å². The summed E-state index contributed by atoms with van der Waals surface area (Å²) in [5.41, 5.74) is 0.863. The van der Waals surface area contributed by atoms with Gasteiger partial charge in [-0.1, -0.05) is 6.07 Å². The number of benzene rings is 1. The second kappa shape index (κ2) is 7.50. The lowest BCUT2D eigenvalue weighted by Gasteiger charge is -2.34. The summed E-state index contributed by atoms with van der Waals surface area (Å²) < 4.78 is 0. The van der Waals surface area contributed by atoms with Crippen LogP contribution in [0.25, 0.3) is 0 Å². The third kappa shape index (κ3) is 4.25. The lowest BCUT2D eigenvalue weighted by molar-refractivity contribution is -0.138. The summed E-state index contributed by atoms with van der Waals surface area (Å²) in [7, 11) is 3.31. The van der Waals surface area contributed by atoms with Crippen LogP contribution in [0.3, 0.4) is 0 Å². The summed E-state index contributed by atoms with van der Waals surface area (Å²) in [6.07, 6.45) is -0.0605. The molecule has 7 heteroatoms. The number of nitrogens with zero attached hydrogens (tertiary/aromatic N) is 2. The second-order valence-electron chi connectivity index (χ2n) is 5.61. The second-order valence-corrected chi connectivity index (χ2v) is 6.76. The van der Waals surface area contributed by atoms with Crippen molar-refractivity contribution in [2.45, 2.75) is 12.5 Å². The Kier molecular flexibility index (Phi) is 5.65. The molecule has 1 unspecified atom stereocenters. The normalized spacial score (nSPS) is 17.7. The molecule has 23 heavy (non-hydrogen) atoms. The van der Waals surface area contributed by atoms with Gasteiger partial charge < -0.3 is 14.9 Å². The maximum absolute atomic E-state index is 12.7. The Labute approximate surface area is 139 Å². The molecule has 1 aliphatic heterocycles. The Hall–Kier alpha value is -2.02. The minimum absolute atomic E-state index is 0.0605. The quantitative estimate of drug-likeness (QED) is 0.900. The number of hydrogen-bond donors (Lipinski definition) is 1. The summed E-state index contributed by atoms with van der Waals surface area (Å²) in [4.78, 5) is 38.8. The highest BCUT2D eigenvalue weighted by molar-refractivity contribution is 7.99. The Bertz CT molecular complexity index is 618. The molecule has 1 atom stereocenters. The van der Waals surface area contributed by atoms with Crippen LogP contribution in [0, 0.1) is 0 Å². The van der Waals surface area contributed by atoms with E-state index in [1.54, 1.807) is 55.0 Å². The third-order valence-electron chi connectivity index (χ3n) is 3.66. The highest BCUT2D eigenvalue weighted by Crippen LogP contribution is 2.22. The maximum atomic E-state index is 12.7. The standard InChI is InChI=1S/C16H20N2O4S/c1-17(2)15(21)11-4-3-5-12(8-11)16(22)18-6-7-23-10-13(18)9-14(19)20/h3-5,8,13H,6-7,9-10H2,1-2H3,(H,19,20). The Morgan fingerprint density at radius 1 is 1.30 bits per heavy atom. The van der Waals surface area contributed by atoms with Gasteiger partial charge in [0, 0.05) is 43.3 Å². The number of carbonyl (C=O) groups excluding carboxylic acids is 2. The molecule has 1 aliphatic rings. The van der Waals surface area contributed by atoms with Crippen LogP contribution in [0.15, 0.2) is 24.3 Å². The van der Waals surface area contributed by atoms with E-state index >= 15 is 0 Å². The first-order valence-electron chi connectivity index (χ1n) is 7.32. The van der Waals surface area contributed by atoms with Crippen LogP contribution in [0.2, 0.25) is 0 Å². The van der Waals surface area contributed by atoms with Crippen molar-refractivity contribution in [2.75, 3.05) is 32.1 Å². The number of thioether (sulfide) groups is 1. The van der Waals surface area contributed by atoms with E-state index in [0.717, 1.165) is 5.75 Å². The maximum Gasteiger partial charge on any atom is 0.305 e. The average molecular weight is 336 g/mol. The fourth-order valence-electron chi connectivity index (χ4n) is 2.50. The summed E-state index contributed by atoms with van der Waals surface area (Å²) >= 11 is 1.66. The molecule has 0 spiro atoms. The van der Waals surface area contributed by atoms with Crippen LogP contribution in [0.5, 0.6) is 0 Å². The Morgan fingerprint density at radius 3 is 2.65 bits per heavy atom. The first-order chi connectivity index (χ1) is 10.9. The molecular weight excluding hydrogens is 316 g/mol. The third-order valence-corrected chi connectivity index (χ3v) is 4.75. The van der Waals surface area contributed by atoms with Crippen molar-refractivity contribution in [1.82, 2.24) is 9.80 Å². The van der Waals surface area contributed by atoms with Gasteiger partial charge in [0.15, 0.2) is 0 Å². The van der Waals surface area contributed by atoms with E-state index in [0.29, 0.717) is 23.4 Å². The predicted molar refractivity (Wildman–Crippen MR) is 88.9 cm³/mol. The van der Waals surface area contributed by atoms with Crippen molar-refractivity contribution in [3.05, 3.63) is 35.4 Å². The molecule has 0 bridgehead atoms. The molecule has 124 valence electrons. The highest BCUT2D eigenvalue weighted by Gasteiger charge is 2.29. The van der Waals surface area contributed by atoms with Crippen LogP contribution in [0.4, 0.5) is 0 Å². The van der Waals surface area contributed by atoms with E-state index in [1.807, 2.05) is 0 Å². The smallest absolute Gasteiger partial charge is 0.305 e. The van der Waals surface area contributed by atoms with E-state index in [4.69, 9.17) is 5.11 Å². The molecule has 1 aromatic rings. The first kappa shape index (κ1) is 17.3. The lowest BCUT2D eigenvalue weighted by atomic mass is 10.1. The zero-order valence-corrected chi connectivity index (χ0v) is 14.0. The molecule has 1 aromatic carbocycles.